The molecule has 1 heterocycles. The standard InChI is InChI=1S/C27H19ClN2O2/c1-17-7-13-22(23(28)15-17)26(31)29-21-12-14-25-24(16-21)30-27(32-25)20-10-8-19(9-11-20)18-5-3-2-4-6-18/h2-16H,1H3,(H,29,31). The number of carbonyl (C=O) groups is 1. The fourth-order valence-corrected chi connectivity index (χ4v) is 3.89. The Kier molecular flexibility index (Phi) is 5.21. The van der Waals surface area contributed by atoms with Gasteiger partial charge in [0.15, 0.2) is 5.58 Å². The molecule has 0 bridgehead atoms. The van der Waals surface area contributed by atoms with Crippen LogP contribution in [0.3, 0.4) is 0 Å². The molecule has 0 aliphatic carbocycles. The van der Waals surface area contributed by atoms with Crippen LogP contribution in [0.25, 0.3) is 33.7 Å². The van der Waals surface area contributed by atoms with E-state index in [9.17, 15) is 4.79 Å². The predicted molar refractivity (Wildman–Crippen MR) is 129 cm³/mol. The number of oxazole rings is 1. The lowest BCUT2D eigenvalue weighted by molar-refractivity contribution is 0.102. The van der Waals surface area contributed by atoms with Crippen LogP contribution in [0.15, 0.2) is 95.4 Å². The molecule has 0 spiro atoms. The topological polar surface area (TPSA) is 55.1 Å². The van der Waals surface area contributed by atoms with Crippen molar-refractivity contribution < 1.29 is 9.21 Å². The number of fused-ring (bicyclic) bond motifs is 1. The van der Waals surface area contributed by atoms with E-state index in [4.69, 9.17) is 16.0 Å². The highest BCUT2D eigenvalue weighted by molar-refractivity contribution is 6.34. The zero-order valence-corrected chi connectivity index (χ0v) is 18.1. The van der Waals surface area contributed by atoms with Crippen LogP contribution in [-0.4, -0.2) is 10.9 Å². The molecule has 1 aromatic heterocycles. The molecular weight excluding hydrogens is 420 g/mol. The van der Waals surface area contributed by atoms with Crippen LogP contribution < -0.4 is 5.32 Å². The number of aryl methyl sites for hydroxylation is 1. The number of nitrogens with one attached hydrogen (secondary N) is 1. The maximum absolute atomic E-state index is 12.6. The minimum absolute atomic E-state index is 0.269. The quantitative estimate of drug-likeness (QED) is 0.318. The molecule has 5 aromatic rings. The molecule has 0 aliphatic heterocycles. The number of nitrogens with zero attached hydrogens (tertiary/aromatic N) is 1. The third-order valence-corrected chi connectivity index (χ3v) is 5.57. The summed E-state index contributed by atoms with van der Waals surface area (Å²) in [6, 6.07) is 29.0. The Labute approximate surface area is 190 Å². The second kappa shape index (κ2) is 8.33. The summed E-state index contributed by atoms with van der Waals surface area (Å²) in [4.78, 5) is 17.2. The van der Waals surface area contributed by atoms with Gasteiger partial charge in [-0.05, 0) is 66.1 Å². The van der Waals surface area contributed by atoms with Gasteiger partial charge in [0.05, 0.1) is 10.6 Å². The molecule has 0 saturated carbocycles. The zero-order chi connectivity index (χ0) is 22.1. The van der Waals surface area contributed by atoms with E-state index in [-0.39, 0.29) is 5.91 Å². The van der Waals surface area contributed by atoms with E-state index < -0.39 is 0 Å². The first-order valence-electron chi connectivity index (χ1n) is 10.2. The van der Waals surface area contributed by atoms with Crippen molar-refractivity contribution in [2.75, 3.05) is 5.32 Å². The van der Waals surface area contributed by atoms with Gasteiger partial charge in [-0.3, -0.25) is 4.79 Å². The molecule has 0 fully saturated rings. The van der Waals surface area contributed by atoms with Crippen molar-refractivity contribution in [2.45, 2.75) is 6.92 Å². The molecule has 4 nitrogen and oxygen atoms in total. The van der Waals surface area contributed by atoms with Gasteiger partial charge in [-0.25, -0.2) is 4.98 Å². The Morgan fingerprint density at radius 3 is 2.31 bits per heavy atom. The number of hydrogen-bond donors (Lipinski definition) is 1. The molecule has 156 valence electrons. The molecular formula is C27H19ClN2O2. The van der Waals surface area contributed by atoms with Crippen molar-refractivity contribution in [3.63, 3.8) is 0 Å². The van der Waals surface area contributed by atoms with Gasteiger partial charge in [0.1, 0.15) is 5.52 Å². The highest BCUT2D eigenvalue weighted by Crippen LogP contribution is 2.29. The van der Waals surface area contributed by atoms with Crippen LogP contribution in [-0.2, 0) is 0 Å². The second-order valence-electron chi connectivity index (χ2n) is 7.58. The summed E-state index contributed by atoms with van der Waals surface area (Å²) in [5.74, 6) is 0.263. The molecule has 0 atom stereocenters. The lowest BCUT2D eigenvalue weighted by atomic mass is 10.0. The Morgan fingerprint density at radius 1 is 0.844 bits per heavy atom. The smallest absolute Gasteiger partial charge is 0.257 e. The average Bonchev–Trinajstić information content (AvgIpc) is 3.23. The van der Waals surface area contributed by atoms with Crippen LogP contribution in [0.1, 0.15) is 15.9 Å². The van der Waals surface area contributed by atoms with Crippen LogP contribution >= 0.6 is 11.6 Å². The summed E-state index contributed by atoms with van der Waals surface area (Å²) < 4.78 is 5.93. The van der Waals surface area contributed by atoms with Crippen LogP contribution in [0, 0.1) is 6.92 Å². The second-order valence-corrected chi connectivity index (χ2v) is 7.99. The third-order valence-electron chi connectivity index (χ3n) is 5.25. The van der Waals surface area contributed by atoms with E-state index in [1.807, 2.05) is 43.3 Å². The van der Waals surface area contributed by atoms with Crippen LogP contribution in [0.2, 0.25) is 5.02 Å². The fraction of sp³-hybridized carbons (Fsp3) is 0.0370. The van der Waals surface area contributed by atoms with E-state index in [2.05, 4.69) is 34.6 Å². The summed E-state index contributed by atoms with van der Waals surface area (Å²) >= 11 is 6.22. The van der Waals surface area contributed by atoms with E-state index in [1.165, 1.54) is 0 Å². The number of carbonyl (C=O) groups excluding carboxylic acids is 1. The van der Waals surface area contributed by atoms with Gasteiger partial charge in [0.25, 0.3) is 5.91 Å². The highest BCUT2D eigenvalue weighted by atomic mass is 35.5. The zero-order valence-electron chi connectivity index (χ0n) is 17.3. The minimum Gasteiger partial charge on any atom is -0.436 e. The van der Waals surface area contributed by atoms with Crippen molar-refractivity contribution in [1.29, 1.82) is 0 Å². The molecule has 0 unspecified atom stereocenters. The van der Waals surface area contributed by atoms with Gasteiger partial charge in [-0.2, -0.15) is 0 Å². The number of rotatable bonds is 4. The minimum atomic E-state index is -0.269. The first-order valence-corrected chi connectivity index (χ1v) is 10.6. The van der Waals surface area contributed by atoms with Crippen molar-refractivity contribution in [1.82, 2.24) is 4.98 Å². The molecule has 1 amide bonds. The lowest BCUT2D eigenvalue weighted by Crippen LogP contribution is -2.12. The van der Waals surface area contributed by atoms with E-state index >= 15 is 0 Å². The average molecular weight is 439 g/mol. The largest absolute Gasteiger partial charge is 0.436 e. The van der Waals surface area contributed by atoms with Crippen LogP contribution in [0.5, 0.6) is 0 Å². The Balaban J connectivity index is 1.39. The van der Waals surface area contributed by atoms with Gasteiger partial charge in [0, 0.05) is 11.3 Å². The van der Waals surface area contributed by atoms with E-state index in [0.29, 0.717) is 33.3 Å². The van der Waals surface area contributed by atoms with Gasteiger partial charge in [-0.1, -0.05) is 60.1 Å². The summed E-state index contributed by atoms with van der Waals surface area (Å²) in [6.07, 6.45) is 0. The lowest BCUT2D eigenvalue weighted by Gasteiger charge is -2.07. The monoisotopic (exact) mass is 438 g/mol. The number of halogens is 1. The van der Waals surface area contributed by atoms with Crippen molar-refractivity contribution >= 4 is 34.3 Å². The number of benzene rings is 4. The van der Waals surface area contributed by atoms with Gasteiger partial charge < -0.3 is 9.73 Å². The van der Waals surface area contributed by atoms with Crippen molar-refractivity contribution in [3.05, 3.63) is 107 Å². The number of hydrogen-bond acceptors (Lipinski definition) is 3. The van der Waals surface area contributed by atoms with E-state index in [1.54, 1.807) is 30.3 Å². The molecule has 1 N–H and O–H groups in total. The normalized spacial score (nSPS) is 10.9. The van der Waals surface area contributed by atoms with Crippen molar-refractivity contribution in [3.8, 4) is 22.6 Å². The molecule has 4 aromatic carbocycles. The van der Waals surface area contributed by atoms with Crippen molar-refractivity contribution in [2.24, 2.45) is 0 Å². The first kappa shape index (κ1) is 20.0. The molecule has 5 heteroatoms. The molecule has 5 rings (SSSR count). The molecule has 32 heavy (non-hydrogen) atoms. The Morgan fingerprint density at radius 2 is 1.56 bits per heavy atom. The van der Waals surface area contributed by atoms with Crippen LogP contribution in [0.4, 0.5) is 5.69 Å². The first-order chi connectivity index (χ1) is 15.6. The summed E-state index contributed by atoms with van der Waals surface area (Å²) in [5.41, 5.74) is 6.54. The summed E-state index contributed by atoms with van der Waals surface area (Å²) in [7, 11) is 0. The Hall–Kier alpha value is -3.89. The summed E-state index contributed by atoms with van der Waals surface area (Å²) in [5, 5.41) is 3.30. The predicted octanol–water partition coefficient (Wildman–Crippen LogP) is 7.38. The molecule has 0 radical (unpaired) electrons. The molecule has 0 aliphatic rings. The Bertz CT molecular complexity index is 1420. The third kappa shape index (κ3) is 4.01. The van der Waals surface area contributed by atoms with Gasteiger partial charge >= 0.3 is 0 Å². The fourth-order valence-electron chi connectivity index (χ4n) is 3.57. The number of anilines is 1. The van der Waals surface area contributed by atoms with Gasteiger partial charge in [0.2, 0.25) is 5.89 Å². The van der Waals surface area contributed by atoms with Gasteiger partial charge in [-0.15, -0.1) is 0 Å². The van der Waals surface area contributed by atoms with E-state index in [0.717, 1.165) is 22.3 Å². The summed E-state index contributed by atoms with van der Waals surface area (Å²) in [6.45, 7) is 1.93. The molecule has 0 saturated heterocycles. The highest BCUT2D eigenvalue weighted by Gasteiger charge is 2.13. The maximum Gasteiger partial charge on any atom is 0.257 e. The number of amides is 1. The maximum atomic E-state index is 12.6. The SMILES string of the molecule is Cc1ccc(C(=O)Nc2ccc3oc(-c4ccc(-c5ccccc5)cc4)nc3c2)c(Cl)c1. The number of aromatic nitrogens is 1.